The number of hydrogen-bond donors (Lipinski definition) is 0. The number of hydrogen-bond acceptors (Lipinski definition) is 2. The molecule has 0 aliphatic rings. The number of methoxy groups -OCH3 is 1. The van der Waals surface area contributed by atoms with E-state index < -0.39 is 7.26 Å². The van der Waals surface area contributed by atoms with Crippen LogP contribution in [0.15, 0.2) is 91.0 Å². The molecule has 0 unspecified atom stereocenters. The standard InChI is InChI=1S/C23H24O2P/c1-25-23(24)18-11-19-26(20-12-5-2-6-13-20,21-14-7-3-8-15-21)22-16-9-4-10-17-22/h2-10,12-17H,11,18-19H2,1H3/q+1. The first-order chi connectivity index (χ1) is 12.8. The zero-order valence-corrected chi connectivity index (χ0v) is 15.9. The molecule has 3 heteroatoms. The van der Waals surface area contributed by atoms with Crippen LogP contribution in [0.3, 0.4) is 0 Å². The molecule has 132 valence electrons. The first-order valence-electron chi connectivity index (χ1n) is 8.89. The first kappa shape index (κ1) is 18.4. The van der Waals surface area contributed by atoms with Crippen LogP contribution < -0.4 is 15.9 Å². The third kappa shape index (κ3) is 3.86. The van der Waals surface area contributed by atoms with Gasteiger partial charge >= 0.3 is 5.97 Å². The van der Waals surface area contributed by atoms with E-state index in [1.807, 2.05) is 0 Å². The molecule has 0 saturated carbocycles. The van der Waals surface area contributed by atoms with Crippen molar-refractivity contribution < 1.29 is 9.53 Å². The van der Waals surface area contributed by atoms with Crippen molar-refractivity contribution in [3.8, 4) is 0 Å². The molecule has 3 aromatic carbocycles. The van der Waals surface area contributed by atoms with Gasteiger partial charge in [-0.25, -0.2) is 0 Å². The largest absolute Gasteiger partial charge is 0.469 e. The molecule has 0 aromatic heterocycles. The lowest BCUT2D eigenvalue weighted by Gasteiger charge is -2.27. The van der Waals surface area contributed by atoms with Crippen LogP contribution in [0.4, 0.5) is 0 Å². The lowest BCUT2D eigenvalue weighted by Crippen LogP contribution is -2.33. The summed E-state index contributed by atoms with van der Waals surface area (Å²) in [7, 11) is -0.373. The molecule has 2 nitrogen and oxygen atoms in total. The minimum absolute atomic E-state index is 0.141. The summed E-state index contributed by atoms with van der Waals surface area (Å²) in [6, 6.07) is 32.2. The van der Waals surface area contributed by atoms with Crippen LogP contribution in [-0.2, 0) is 9.53 Å². The molecule has 0 aliphatic heterocycles. The van der Waals surface area contributed by atoms with Crippen molar-refractivity contribution >= 4 is 29.1 Å². The predicted molar refractivity (Wildman–Crippen MR) is 111 cm³/mol. The molecule has 0 fully saturated rings. The summed E-state index contributed by atoms with van der Waals surface area (Å²) in [6.07, 6.45) is 2.20. The van der Waals surface area contributed by atoms with Crippen LogP contribution in [0.5, 0.6) is 0 Å². The van der Waals surface area contributed by atoms with E-state index in [1.165, 1.54) is 23.0 Å². The maximum Gasteiger partial charge on any atom is 0.305 e. The van der Waals surface area contributed by atoms with Crippen molar-refractivity contribution in [1.29, 1.82) is 0 Å². The molecule has 0 saturated heterocycles. The maximum absolute atomic E-state index is 11.7. The molecule has 3 rings (SSSR count). The Kier molecular flexibility index (Phi) is 6.20. The number of carbonyl (C=O) groups is 1. The van der Waals surface area contributed by atoms with Crippen LogP contribution in [0.2, 0.25) is 0 Å². The summed E-state index contributed by atoms with van der Waals surface area (Å²) >= 11 is 0. The Bertz CT molecular complexity index is 720. The molecule has 0 aliphatic carbocycles. The monoisotopic (exact) mass is 363 g/mol. The predicted octanol–water partition coefficient (Wildman–Crippen LogP) is 3.93. The lowest BCUT2D eigenvalue weighted by atomic mass is 10.3. The Morgan fingerprint density at radius 2 is 1.12 bits per heavy atom. The highest BCUT2D eigenvalue weighted by molar-refractivity contribution is 7.95. The normalized spacial score (nSPS) is 11.1. The first-order valence-corrected chi connectivity index (χ1v) is 10.9. The second kappa shape index (κ2) is 8.78. The molecule has 0 radical (unpaired) electrons. The smallest absolute Gasteiger partial charge is 0.305 e. The average Bonchev–Trinajstić information content (AvgIpc) is 2.73. The van der Waals surface area contributed by atoms with Gasteiger partial charge in [0.1, 0.15) is 23.2 Å². The van der Waals surface area contributed by atoms with Crippen LogP contribution >= 0.6 is 7.26 Å². The van der Waals surface area contributed by atoms with Crippen LogP contribution in [0.1, 0.15) is 12.8 Å². The Morgan fingerprint density at radius 1 is 0.731 bits per heavy atom. The average molecular weight is 363 g/mol. The van der Waals surface area contributed by atoms with Crippen LogP contribution in [0.25, 0.3) is 0 Å². The van der Waals surface area contributed by atoms with E-state index in [1.54, 1.807) is 0 Å². The number of benzene rings is 3. The summed E-state index contributed by atoms with van der Waals surface area (Å²) in [5, 5.41) is 4.05. The molecule has 0 N–H and O–H groups in total. The Labute approximate surface area is 156 Å². The van der Waals surface area contributed by atoms with Gasteiger partial charge in [0.25, 0.3) is 0 Å². The second-order valence-corrected chi connectivity index (χ2v) is 9.84. The second-order valence-electron chi connectivity index (χ2n) is 6.22. The van der Waals surface area contributed by atoms with Crippen molar-refractivity contribution in [3.63, 3.8) is 0 Å². The summed E-state index contributed by atoms with van der Waals surface area (Å²) in [4.78, 5) is 11.7. The van der Waals surface area contributed by atoms with E-state index in [2.05, 4.69) is 91.0 Å². The fourth-order valence-electron chi connectivity index (χ4n) is 3.44. The molecule has 0 heterocycles. The van der Waals surface area contributed by atoms with Crippen molar-refractivity contribution in [1.82, 2.24) is 0 Å². The molecule has 3 aromatic rings. The van der Waals surface area contributed by atoms with Gasteiger partial charge in [-0.1, -0.05) is 54.6 Å². The zero-order valence-electron chi connectivity index (χ0n) is 15.0. The van der Waals surface area contributed by atoms with E-state index in [4.69, 9.17) is 4.74 Å². The van der Waals surface area contributed by atoms with Crippen LogP contribution in [0, 0.1) is 0 Å². The fraction of sp³-hybridized carbons (Fsp3) is 0.174. The summed E-state index contributed by atoms with van der Waals surface area (Å²) in [5.74, 6) is -0.141. The summed E-state index contributed by atoms with van der Waals surface area (Å²) < 4.78 is 4.86. The van der Waals surface area contributed by atoms with Crippen LogP contribution in [-0.4, -0.2) is 19.2 Å². The minimum atomic E-state index is -1.83. The van der Waals surface area contributed by atoms with Crippen molar-refractivity contribution in [3.05, 3.63) is 91.0 Å². The van der Waals surface area contributed by atoms with E-state index in [0.29, 0.717) is 6.42 Å². The van der Waals surface area contributed by atoms with E-state index in [9.17, 15) is 4.79 Å². The molecule has 26 heavy (non-hydrogen) atoms. The molecular weight excluding hydrogens is 339 g/mol. The van der Waals surface area contributed by atoms with E-state index in [0.717, 1.165) is 12.6 Å². The lowest BCUT2D eigenvalue weighted by molar-refractivity contribution is -0.140. The van der Waals surface area contributed by atoms with Gasteiger partial charge in [-0.3, -0.25) is 4.79 Å². The van der Waals surface area contributed by atoms with E-state index >= 15 is 0 Å². The molecule has 0 atom stereocenters. The van der Waals surface area contributed by atoms with Gasteiger partial charge in [-0.2, -0.15) is 0 Å². The highest BCUT2D eigenvalue weighted by Gasteiger charge is 2.44. The minimum Gasteiger partial charge on any atom is -0.469 e. The Morgan fingerprint density at radius 3 is 1.46 bits per heavy atom. The van der Waals surface area contributed by atoms with Crippen molar-refractivity contribution in [2.45, 2.75) is 12.8 Å². The van der Waals surface area contributed by atoms with Gasteiger partial charge in [0.2, 0.25) is 0 Å². The third-order valence-corrected chi connectivity index (χ3v) is 9.22. The van der Waals surface area contributed by atoms with Gasteiger partial charge in [-0.15, -0.1) is 0 Å². The molecule has 0 spiro atoms. The SMILES string of the molecule is COC(=O)CCC[P+](c1ccccc1)(c1ccccc1)c1ccccc1. The fourth-order valence-corrected chi connectivity index (χ4v) is 7.79. The number of esters is 1. The van der Waals surface area contributed by atoms with E-state index in [-0.39, 0.29) is 5.97 Å². The van der Waals surface area contributed by atoms with Gasteiger partial charge in [0, 0.05) is 6.42 Å². The van der Waals surface area contributed by atoms with Crippen molar-refractivity contribution in [2.75, 3.05) is 13.3 Å². The van der Waals surface area contributed by atoms with Crippen molar-refractivity contribution in [2.24, 2.45) is 0 Å². The molecule has 0 bridgehead atoms. The van der Waals surface area contributed by atoms with Gasteiger partial charge in [0.05, 0.1) is 13.3 Å². The number of carbonyl (C=O) groups excluding carboxylic acids is 1. The zero-order chi connectivity index (χ0) is 18.2. The van der Waals surface area contributed by atoms with Gasteiger partial charge < -0.3 is 4.74 Å². The quantitative estimate of drug-likeness (QED) is 0.470. The number of rotatable bonds is 7. The number of ether oxygens (including phenoxy) is 1. The summed E-state index contributed by atoms with van der Waals surface area (Å²) in [6.45, 7) is 0. The molecular formula is C23H24O2P+. The highest BCUT2D eigenvalue weighted by atomic mass is 31.2. The Hall–Kier alpha value is -2.44. The van der Waals surface area contributed by atoms with Gasteiger partial charge in [-0.05, 0) is 42.8 Å². The highest BCUT2D eigenvalue weighted by Crippen LogP contribution is 2.55. The Balaban J connectivity index is 2.13. The third-order valence-electron chi connectivity index (χ3n) is 4.69. The topological polar surface area (TPSA) is 26.3 Å². The molecule has 0 amide bonds. The maximum atomic E-state index is 11.7. The summed E-state index contributed by atoms with van der Waals surface area (Å²) in [5.41, 5.74) is 0. The van der Waals surface area contributed by atoms with Gasteiger partial charge in [0.15, 0.2) is 0 Å².